The van der Waals surface area contributed by atoms with E-state index in [2.05, 4.69) is 5.32 Å². The summed E-state index contributed by atoms with van der Waals surface area (Å²) in [5.41, 5.74) is 0. The molecule has 0 radical (unpaired) electrons. The van der Waals surface area contributed by atoms with Crippen molar-refractivity contribution in [3.8, 4) is 0 Å². The predicted molar refractivity (Wildman–Crippen MR) is 60.0 cm³/mol. The zero-order valence-corrected chi connectivity index (χ0v) is 9.54. The van der Waals surface area contributed by atoms with E-state index in [-0.39, 0.29) is 0 Å². The van der Waals surface area contributed by atoms with Crippen molar-refractivity contribution in [1.29, 1.82) is 0 Å². The van der Waals surface area contributed by atoms with Gasteiger partial charge in [-0.1, -0.05) is 0 Å². The van der Waals surface area contributed by atoms with E-state index in [0.29, 0.717) is 6.10 Å². The molecule has 0 aliphatic carbocycles. The van der Waals surface area contributed by atoms with Crippen LogP contribution in [0.1, 0.15) is 32.1 Å². The molecule has 0 aromatic rings. The van der Waals surface area contributed by atoms with Crippen molar-refractivity contribution in [3.05, 3.63) is 0 Å². The van der Waals surface area contributed by atoms with Gasteiger partial charge in [0.2, 0.25) is 0 Å². The maximum atomic E-state index is 5.67. The van der Waals surface area contributed by atoms with Crippen LogP contribution >= 0.6 is 0 Å². The monoisotopic (exact) mass is 213 g/mol. The molecule has 1 atom stereocenters. The lowest BCUT2D eigenvalue weighted by molar-refractivity contribution is 0.0123. The molecule has 2 rings (SSSR count). The number of rotatable bonds is 5. The van der Waals surface area contributed by atoms with Crippen LogP contribution in [0.4, 0.5) is 0 Å². The van der Waals surface area contributed by atoms with E-state index >= 15 is 0 Å². The van der Waals surface area contributed by atoms with Gasteiger partial charge in [-0.3, -0.25) is 0 Å². The van der Waals surface area contributed by atoms with E-state index in [0.717, 1.165) is 25.7 Å². The van der Waals surface area contributed by atoms with Crippen molar-refractivity contribution in [2.45, 2.75) is 38.2 Å². The molecule has 0 amide bonds. The Morgan fingerprint density at radius 3 is 2.80 bits per heavy atom. The number of ether oxygens (including phenoxy) is 2. The molecule has 1 N–H and O–H groups in total. The van der Waals surface area contributed by atoms with Crippen molar-refractivity contribution in [2.24, 2.45) is 5.92 Å². The minimum atomic E-state index is 0.387. The molecule has 3 heteroatoms. The second-order valence-corrected chi connectivity index (χ2v) is 4.69. The smallest absolute Gasteiger partial charge is 0.0809 e. The molecule has 2 fully saturated rings. The first-order chi connectivity index (χ1) is 7.45. The van der Waals surface area contributed by atoms with Gasteiger partial charge in [-0.15, -0.1) is 0 Å². The fourth-order valence-electron chi connectivity index (χ4n) is 2.41. The van der Waals surface area contributed by atoms with Crippen molar-refractivity contribution >= 4 is 0 Å². The first-order valence-electron chi connectivity index (χ1n) is 6.35. The third kappa shape index (κ3) is 4.09. The summed E-state index contributed by atoms with van der Waals surface area (Å²) in [5.74, 6) is 0.885. The first-order valence-corrected chi connectivity index (χ1v) is 6.35. The second-order valence-electron chi connectivity index (χ2n) is 4.69. The Bertz CT molecular complexity index is 163. The summed E-state index contributed by atoms with van der Waals surface area (Å²) in [6, 6.07) is 0. The van der Waals surface area contributed by atoms with Crippen molar-refractivity contribution in [3.63, 3.8) is 0 Å². The Morgan fingerprint density at radius 1 is 1.20 bits per heavy atom. The maximum absolute atomic E-state index is 5.67. The molecular weight excluding hydrogens is 190 g/mol. The van der Waals surface area contributed by atoms with Gasteiger partial charge in [-0.25, -0.2) is 0 Å². The molecule has 0 bridgehead atoms. The highest BCUT2D eigenvalue weighted by molar-refractivity contribution is 4.68. The van der Waals surface area contributed by atoms with E-state index in [1.54, 1.807) is 0 Å². The normalized spacial score (nSPS) is 28.4. The van der Waals surface area contributed by atoms with Crippen LogP contribution in [0.15, 0.2) is 0 Å². The summed E-state index contributed by atoms with van der Waals surface area (Å²) in [7, 11) is 0. The van der Waals surface area contributed by atoms with Gasteiger partial charge >= 0.3 is 0 Å². The molecule has 0 spiro atoms. The molecule has 0 saturated carbocycles. The number of piperidine rings is 1. The zero-order chi connectivity index (χ0) is 10.3. The summed E-state index contributed by atoms with van der Waals surface area (Å²) in [6.07, 6.45) is 6.66. The summed E-state index contributed by atoms with van der Waals surface area (Å²) < 4.78 is 11.2. The highest BCUT2D eigenvalue weighted by atomic mass is 16.5. The summed E-state index contributed by atoms with van der Waals surface area (Å²) in [6.45, 7) is 5.05. The van der Waals surface area contributed by atoms with Crippen LogP contribution in [-0.2, 0) is 9.47 Å². The number of hydrogen-bond donors (Lipinski definition) is 1. The molecular formula is C12H23NO2. The number of hydrogen-bond acceptors (Lipinski definition) is 3. The highest BCUT2D eigenvalue weighted by Gasteiger charge is 2.16. The van der Waals surface area contributed by atoms with Crippen LogP contribution in [0, 0.1) is 5.92 Å². The highest BCUT2D eigenvalue weighted by Crippen LogP contribution is 2.16. The second kappa shape index (κ2) is 6.46. The lowest BCUT2D eigenvalue weighted by Gasteiger charge is -2.22. The standard InChI is InChI=1S/C12H23NO2/c1-2-12(15-8-1)10-14-9-5-11-3-6-13-7-4-11/h11-13H,1-10H2/t12-/m0/s1. The van der Waals surface area contributed by atoms with Gasteiger partial charge < -0.3 is 14.8 Å². The van der Waals surface area contributed by atoms with Gasteiger partial charge in [0.25, 0.3) is 0 Å². The van der Waals surface area contributed by atoms with Crippen molar-refractivity contribution < 1.29 is 9.47 Å². The molecule has 88 valence electrons. The Labute approximate surface area is 92.5 Å². The third-order valence-electron chi connectivity index (χ3n) is 3.46. The minimum Gasteiger partial charge on any atom is -0.379 e. The number of nitrogens with one attached hydrogen (secondary N) is 1. The Morgan fingerprint density at radius 2 is 2.07 bits per heavy atom. The van der Waals surface area contributed by atoms with Crippen LogP contribution in [0.3, 0.4) is 0 Å². The van der Waals surface area contributed by atoms with Crippen molar-refractivity contribution in [2.75, 3.05) is 32.9 Å². The van der Waals surface area contributed by atoms with E-state index in [1.165, 1.54) is 45.2 Å². The Hall–Kier alpha value is -0.120. The van der Waals surface area contributed by atoms with Gasteiger partial charge in [-0.05, 0) is 51.1 Å². The summed E-state index contributed by atoms with van der Waals surface area (Å²) >= 11 is 0. The van der Waals surface area contributed by atoms with Crippen LogP contribution in [0.2, 0.25) is 0 Å². The Kier molecular flexibility index (Phi) is 4.90. The van der Waals surface area contributed by atoms with Crippen LogP contribution in [0.25, 0.3) is 0 Å². The largest absolute Gasteiger partial charge is 0.379 e. The molecule has 0 aromatic heterocycles. The van der Waals surface area contributed by atoms with E-state index in [1.807, 2.05) is 0 Å². The minimum absolute atomic E-state index is 0.387. The van der Waals surface area contributed by atoms with Gasteiger partial charge in [0.05, 0.1) is 12.7 Å². The molecule has 2 aliphatic rings. The molecule has 3 nitrogen and oxygen atoms in total. The molecule has 15 heavy (non-hydrogen) atoms. The van der Waals surface area contributed by atoms with E-state index in [9.17, 15) is 0 Å². The topological polar surface area (TPSA) is 30.5 Å². The first kappa shape index (κ1) is 11.4. The lowest BCUT2D eigenvalue weighted by atomic mass is 9.95. The van der Waals surface area contributed by atoms with Gasteiger partial charge in [-0.2, -0.15) is 0 Å². The average Bonchev–Trinajstić information content (AvgIpc) is 2.79. The lowest BCUT2D eigenvalue weighted by Crippen LogP contribution is -2.28. The molecule has 2 aliphatic heterocycles. The fourth-order valence-corrected chi connectivity index (χ4v) is 2.41. The molecule has 0 unspecified atom stereocenters. The predicted octanol–water partition coefficient (Wildman–Crippen LogP) is 1.57. The fraction of sp³-hybridized carbons (Fsp3) is 1.00. The van der Waals surface area contributed by atoms with Gasteiger partial charge in [0.1, 0.15) is 0 Å². The van der Waals surface area contributed by atoms with Gasteiger partial charge in [0.15, 0.2) is 0 Å². The molecule has 2 heterocycles. The third-order valence-corrected chi connectivity index (χ3v) is 3.46. The van der Waals surface area contributed by atoms with Crippen LogP contribution in [-0.4, -0.2) is 39.0 Å². The SMILES string of the molecule is C1CO[C@H](COCCC2CCNCC2)C1. The van der Waals surface area contributed by atoms with Crippen molar-refractivity contribution in [1.82, 2.24) is 5.32 Å². The van der Waals surface area contributed by atoms with Gasteiger partial charge in [0, 0.05) is 13.2 Å². The van der Waals surface area contributed by atoms with Crippen LogP contribution < -0.4 is 5.32 Å². The summed E-state index contributed by atoms with van der Waals surface area (Å²) in [5, 5.41) is 3.39. The Balaban J connectivity index is 1.47. The van der Waals surface area contributed by atoms with Crippen LogP contribution in [0.5, 0.6) is 0 Å². The average molecular weight is 213 g/mol. The molecule has 0 aromatic carbocycles. The molecule has 2 saturated heterocycles. The van der Waals surface area contributed by atoms with E-state index in [4.69, 9.17) is 9.47 Å². The van der Waals surface area contributed by atoms with E-state index < -0.39 is 0 Å². The summed E-state index contributed by atoms with van der Waals surface area (Å²) in [4.78, 5) is 0. The zero-order valence-electron chi connectivity index (χ0n) is 9.54. The maximum Gasteiger partial charge on any atom is 0.0809 e. The quantitative estimate of drug-likeness (QED) is 0.703.